The molecule has 0 bridgehead atoms. The number of allylic oxidation sites excluding steroid dienone is 1. The summed E-state index contributed by atoms with van der Waals surface area (Å²) in [5.74, 6) is 0.941. The van der Waals surface area contributed by atoms with Gasteiger partial charge in [0.2, 0.25) is 0 Å². The average Bonchev–Trinajstić information content (AvgIpc) is 2.64. The molecule has 2 fully saturated rings. The van der Waals surface area contributed by atoms with Crippen molar-refractivity contribution >= 4 is 7.28 Å². The van der Waals surface area contributed by atoms with Crippen LogP contribution >= 0.6 is 0 Å². The summed E-state index contributed by atoms with van der Waals surface area (Å²) in [4.78, 5) is 0. The van der Waals surface area contributed by atoms with Crippen LogP contribution in [0.4, 0.5) is 22.0 Å². The molecule has 3 rings (SSSR count). The summed E-state index contributed by atoms with van der Waals surface area (Å²) < 4.78 is 68.7. The third-order valence-electron chi connectivity index (χ3n) is 7.13. The first kappa shape index (κ1) is 22.1. The zero-order chi connectivity index (χ0) is 20.3. The molecule has 0 saturated heterocycles. The Morgan fingerprint density at radius 2 is 1.50 bits per heavy atom. The molecule has 1 nitrogen and oxygen atoms in total. The first-order valence-corrected chi connectivity index (χ1v) is 10.8. The molecule has 1 aliphatic heterocycles. The molecule has 0 aromatic heterocycles. The second-order valence-corrected chi connectivity index (χ2v) is 9.23. The topological polar surface area (TPSA) is 9.23 Å². The second-order valence-electron chi connectivity index (χ2n) is 9.23. The number of halogens is 5. The number of rotatable bonds is 5. The van der Waals surface area contributed by atoms with Crippen molar-refractivity contribution in [3.8, 4) is 0 Å². The lowest BCUT2D eigenvalue weighted by Gasteiger charge is -2.37. The van der Waals surface area contributed by atoms with E-state index in [4.69, 9.17) is 0 Å². The minimum atomic E-state index is -5.05. The van der Waals surface area contributed by atoms with Crippen LogP contribution in [0.2, 0.25) is 5.82 Å². The van der Waals surface area contributed by atoms with Crippen LogP contribution in [0.1, 0.15) is 71.1 Å². The molecule has 28 heavy (non-hydrogen) atoms. The molecule has 0 N–H and O–H groups in total. The standard InChI is InChI=1S/C21H31BF5O/c1-13-2-4-14(5-3-13)6-7-15-8-10-16(11-9-15)17-12-18(23)19(20(24)22-17)28-21(25,26)27/h12-17,19-20H,2-11H2,1H3. The second kappa shape index (κ2) is 9.48. The Morgan fingerprint density at radius 1 is 0.964 bits per heavy atom. The number of hydrogen-bond acceptors (Lipinski definition) is 1. The van der Waals surface area contributed by atoms with Crippen molar-refractivity contribution in [2.24, 2.45) is 23.7 Å². The average molecular weight is 405 g/mol. The van der Waals surface area contributed by atoms with Crippen LogP contribution in [-0.2, 0) is 4.74 Å². The zero-order valence-corrected chi connectivity index (χ0v) is 16.6. The van der Waals surface area contributed by atoms with E-state index in [9.17, 15) is 22.0 Å². The molecule has 0 amide bonds. The van der Waals surface area contributed by atoms with Gasteiger partial charge in [-0.25, -0.2) is 4.39 Å². The van der Waals surface area contributed by atoms with E-state index in [2.05, 4.69) is 11.7 Å². The van der Waals surface area contributed by atoms with Gasteiger partial charge in [0.05, 0.1) is 6.07 Å². The van der Waals surface area contributed by atoms with Gasteiger partial charge in [0.1, 0.15) is 11.9 Å². The van der Waals surface area contributed by atoms with Gasteiger partial charge in [-0.15, -0.1) is 13.2 Å². The molecule has 2 aliphatic carbocycles. The lowest BCUT2D eigenvalue weighted by molar-refractivity contribution is -0.342. The maximum Gasteiger partial charge on any atom is 0.523 e. The molecule has 3 atom stereocenters. The van der Waals surface area contributed by atoms with Gasteiger partial charge in [0.25, 0.3) is 0 Å². The van der Waals surface area contributed by atoms with Gasteiger partial charge >= 0.3 is 6.36 Å². The van der Waals surface area contributed by atoms with Crippen LogP contribution in [0.15, 0.2) is 11.9 Å². The van der Waals surface area contributed by atoms with Crippen molar-refractivity contribution in [3.63, 3.8) is 0 Å². The normalized spacial score (nSPS) is 39.9. The van der Waals surface area contributed by atoms with Gasteiger partial charge in [0.15, 0.2) is 7.28 Å². The molecular formula is C21H31BF5O. The van der Waals surface area contributed by atoms with Gasteiger partial charge in [-0.3, -0.25) is 9.13 Å². The van der Waals surface area contributed by atoms with Crippen molar-refractivity contribution in [1.29, 1.82) is 0 Å². The number of alkyl halides is 4. The Kier molecular flexibility index (Phi) is 7.49. The summed E-state index contributed by atoms with van der Waals surface area (Å²) in [5.41, 5.74) is 0. The summed E-state index contributed by atoms with van der Waals surface area (Å²) in [6.07, 6.45) is 3.60. The molecule has 0 aromatic rings. The first-order chi connectivity index (χ1) is 13.2. The first-order valence-electron chi connectivity index (χ1n) is 10.8. The quantitative estimate of drug-likeness (QED) is 0.355. The molecule has 159 valence electrons. The minimum Gasteiger partial charge on any atom is -0.279 e. The maximum absolute atomic E-state index is 14.1. The highest BCUT2D eigenvalue weighted by molar-refractivity contribution is 6.41. The highest BCUT2D eigenvalue weighted by Gasteiger charge is 2.44. The molecule has 3 aliphatic rings. The van der Waals surface area contributed by atoms with Crippen molar-refractivity contribution in [2.45, 2.75) is 95.5 Å². The molecule has 1 heterocycles. The van der Waals surface area contributed by atoms with E-state index in [-0.39, 0.29) is 5.92 Å². The van der Waals surface area contributed by atoms with E-state index in [1.54, 1.807) is 0 Å². The number of ether oxygens (including phenoxy) is 1. The fraction of sp³-hybridized carbons (Fsp3) is 0.905. The predicted octanol–water partition coefficient (Wildman–Crippen LogP) is 6.96. The lowest BCUT2D eigenvalue weighted by atomic mass is 9.50. The largest absolute Gasteiger partial charge is 0.523 e. The van der Waals surface area contributed by atoms with Crippen LogP contribution in [0, 0.1) is 23.7 Å². The van der Waals surface area contributed by atoms with E-state index >= 15 is 0 Å². The van der Waals surface area contributed by atoms with Crippen molar-refractivity contribution in [1.82, 2.24) is 0 Å². The van der Waals surface area contributed by atoms with Crippen LogP contribution in [-0.4, -0.2) is 25.8 Å². The van der Waals surface area contributed by atoms with Crippen LogP contribution in [0.5, 0.6) is 0 Å². The minimum absolute atomic E-state index is 0.114. The SMILES string of the molecule is CC1CCC(CCC2CCC(C3[B]C(F)C(OC(F)(F)F)C(F)=C3)CC2)CC1. The predicted molar refractivity (Wildman–Crippen MR) is 100 cm³/mol. The Bertz CT molecular complexity index is 521. The van der Waals surface area contributed by atoms with Gasteiger partial charge in [-0.2, -0.15) is 0 Å². The van der Waals surface area contributed by atoms with Crippen LogP contribution in [0.25, 0.3) is 0 Å². The van der Waals surface area contributed by atoms with E-state index in [0.29, 0.717) is 5.92 Å². The van der Waals surface area contributed by atoms with Crippen molar-refractivity contribution in [3.05, 3.63) is 11.9 Å². The maximum atomic E-state index is 14.1. The lowest BCUT2D eigenvalue weighted by Crippen LogP contribution is -2.41. The van der Waals surface area contributed by atoms with Gasteiger partial charge in [-0.1, -0.05) is 77.2 Å². The van der Waals surface area contributed by atoms with E-state index in [1.165, 1.54) is 45.8 Å². The summed E-state index contributed by atoms with van der Waals surface area (Å²) in [6, 6.07) is 0. The molecule has 0 spiro atoms. The summed E-state index contributed by atoms with van der Waals surface area (Å²) in [6.45, 7) is 2.33. The Balaban J connectivity index is 1.43. The smallest absolute Gasteiger partial charge is 0.279 e. The van der Waals surface area contributed by atoms with Crippen molar-refractivity contribution < 1.29 is 26.7 Å². The van der Waals surface area contributed by atoms with E-state index in [1.807, 2.05) is 0 Å². The molecule has 7 heteroatoms. The third kappa shape index (κ3) is 6.20. The monoisotopic (exact) mass is 405 g/mol. The highest BCUT2D eigenvalue weighted by atomic mass is 19.4. The molecular weight excluding hydrogens is 374 g/mol. The van der Waals surface area contributed by atoms with E-state index < -0.39 is 30.2 Å². The Labute approximate surface area is 165 Å². The molecule has 2 saturated carbocycles. The summed E-state index contributed by atoms with van der Waals surface area (Å²) >= 11 is 0. The van der Waals surface area contributed by atoms with Crippen LogP contribution in [0.3, 0.4) is 0 Å². The zero-order valence-electron chi connectivity index (χ0n) is 16.6. The third-order valence-corrected chi connectivity index (χ3v) is 7.13. The molecule has 0 aromatic carbocycles. The molecule has 3 unspecified atom stereocenters. The summed E-state index contributed by atoms with van der Waals surface area (Å²) in [7, 11) is 1.20. The summed E-state index contributed by atoms with van der Waals surface area (Å²) in [5, 5.41) is 0. The molecule has 1 radical (unpaired) electrons. The Morgan fingerprint density at radius 3 is 2.00 bits per heavy atom. The highest BCUT2D eigenvalue weighted by Crippen LogP contribution is 2.43. The number of hydrogen-bond donors (Lipinski definition) is 0. The van der Waals surface area contributed by atoms with E-state index in [0.717, 1.165) is 43.6 Å². The Hall–Kier alpha value is -0.585. The van der Waals surface area contributed by atoms with Gasteiger partial charge in [-0.05, 0) is 29.5 Å². The van der Waals surface area contributed by atoms with Gasteiger partial charge in [0, 0.05) is 0 Å². The van der Waals surface area contributed by atoms with Crippen molar-refractivity contribution in [2.75, 3.05) is 0 Å². The fourth-order valence-corrected chi connectivity index (χ4v) is 5.31. The van der Waals surface area contributed by atoms with Crippen LogP contribution < -0.4 is 0 Å². The fourth-order valence-electron chi connectivity index (χ4n) is 5.31. The van der Waals surface area contributed by atoms with Gasteiger partial charge < -0.3 is 0 Å².